The van der Waals surface area contributed by atoms with Gasteiger partial charge in [0.1, 0.15) is 12.4 Å². The van der Waals surface area contributed by atoms with E-state index in [2.05, 4.69) is 62.5 Å². The summed E-state index contributed by atoms with van der Waals surface area (Å²) in [5.41, 5.74) is 0. The van der Waals surface area contributed by atoms with Crippen LogP contribution in [0.2, 0.25) is 0 Å². The molecule has 6 nitrogen and oxygen atoms in total. The first-order chi connectivity index (χ1) is 8.33. The average molecular weight is 398 g/mol. The molecule has 0 saturated heterocycles. The van der Waals surface area contributed by atoms with Gasteiger partial charge in [0.15, 0.2) is 6.33 Å². The van der Waals surface area contributed by atoms with Crippen molar-refractivity contribution in [2.45, 2.75) is 39.2 Å². The first-order valence-electron chi connectivity index (χ1n) is 6.00. The van der Waals surface area contributed by atoms with Gasteiger partial charge in [0, 0.05) is 0 Å². The number of hydrogen-bond acceptors (Lipinski definition) is 3. The second-order valence-corrected chi connectivity index (χ2v) is 3.94. The Labute approximate surface area is 135 Å². The zero-order chi connectivity index (χ0) is 12.3. The van der Waals surface area contributed by atoms with Crippen LogP contribution in [-0.4, -0.2) is 25.2 Å². The predicted molar refractivity (Wildman–Crippen MR) is 74.2 cm³/mol. The number of hydrogen-bond donors (Lipinski definition) is 1. The Balaban J connectivity index is 0. The summed E-state index contributed by atoms with van der Waals surface area (Å²) in [4.78, 5) is 0. The van der Waals surface area contributed by atoms with Crippen LogP contribution in [0.15, 0.2) is 25.0 Å². The van der Waals surface area contributed by atoms with E-state index in [1.54, 1.807) is 0 Å². The van der Waals surface area contributed by atoms with E-state index in [1.165, 1.54) is 38.6 Å². The summed E-state index contributed by atoms with van der Waals surface area (Å²) >= 11 is 0. The van der Waals surface area contributed by atoms with Crippen molar-refractivity contribution in [1.29, 1.82) is 0 Å². The largest absolute Gasteiger partial charge is 1.00 e. The van der Waals surface area contributed by atoms with E-state index in [1.807, 2.05) is 0 Å². The molecule has 2 aromatic rings. The molecular weight excluding hydrogens is 376 g/mol. The van der Waals surface area contributed by atoms with Crippen molar-refractivity contribution in [1.82, 2.24) is 25.2 Å². The normalized spacial score (nSPS) is 8.74. The van der Waals surface area contributed by atoms with Crippen LogP contribution >= 0.6 is 17.0 Å². The van der Waals surface area contributed by atoms with Crippen molar-refractivity contribution in [2.24, 2.45) is 7.05 Å². The van der Waals surface area contributed by atoms with Gasteiger partial charge in [0.05, 0.1) is 13.6 Å². The van der Waals surface area contributed by atoms with Crippen LogP contribution in [-0.2, 0) is 13.6 Å². The molecule has 0 aliphatic carbocycles. The van der Waals surface area contributed by atoms with Gasteiger partial charge in [0.25, 0.3) is 0 Å². The molecule has 19 heavy (non-hydrogen) atoms. The first kappa shape index (κ1) is 20.6. The molecule has 0 bridgehead atoms. The van der Waals surface area contributed by atoms with Crippen LogP contribution in [0.1, 0.15) is 32.6 Å². The molecular formula is C11H22Br2N6. The highest BCUT2D eigenvalue weighted by atomic mass is 79.9. The van der Waals surface area contributed by atoms with Gasteiger partial charge in [-0.3, -0.25) is 0 Å². The minimum absolute atomic E-state index is 0. The molecule has 0 radical (unpaired) electrons. The third kappa shape index (κ3) is 10.8. The minimum Gasteiger partial charge on any atom is -1.00 e. The number of aryl methyl sites for hydroxylation is 2. The summed E-state index contributed by atoms with van der Waals surface area (Å²) in [7, 11) is 2.06. The SMILES string of the molecule is Br.CCCCCCn1cc[n+](C)c1.[Br-].c1nn[nH]n1. The molecule has 110 valence electrons. The van der Waals surface area contributed by atoms with Crippen molar-refractivity contribution in [3.05, 3.63) is 25.0 Å². The summed E-state index contributed by atoms with van der Waals surface area (Å²) in [5, 5.41) is 12.2. The Morgan fingerprint density at radius 2 is 2.05 bits per heavy atom. The number of aromatic nitrogens is 6. The van der Waals surface area contributed by atoms with Crippen LogP contribution in [0.25, 0.3) is 0 Å². The van der Waals surface area contributed by atoms with Gasteiger partial charge < -0.3 is 17.0 Å². The van der Waals surface area contributed by atoms with Crippen LogP contribution in [0.5, 0.6) is 0 Å². The maximum Gasteiger partial charge on any atom is 0.243 e. The second kappa shape index (κ2) is 13.7. The number of nitrogens with one attached hydrogen (secondary N) is 1. The van der Waals surface area contributed by atoms with Gasteiger partial charge in [-0.25, -0.2) is 9.13 Å². The fourth-order valence-corrected chi connectivity index (χ4v) is 1.48. The maximum absolute atomic E-state index is 3.38. The van der Waals surface area contributed by atoms with Crippen LogP contribution in [0.4, 0.5) is 0 Å². The molecule has 2 rings (SSSR count). The molecule has 0 aromatic carbocycles. The quantitative estimate of drug-likeness (QED) is 0.502. The Kier molecular flexibility index (Phi) is 14.8. The number of rotatable bonds is 5. The van der Waals surface area contributed by atoms with Crippen molar-refractivity contribution in [3.63, 3.8) is 0 Å². The Hall–Kier alpha value is -0.760. The number of aromatic amines is 1. The lowest BCUT2D eigenvalue weighted by Gasteiger charge is -1.95. The Morgan fingerprint density at radius 1 is 1.26 bits per heavy atom. The Bertz CT molecular complexity index is 359. The third-order valence-corrected chi connectivity index (χ3v) is 2.36. The molecule has 1 N–H and O–H groups in total. The first-order valence-corrected chi connectivity index (χ1v) is 6.00. The standard InChI is InChI=1S/C10H19N2.CH2N4.2BrH/c1-3-4-5-6-7-12-9-8-11(2)10-12;1-2-4-5-3-1;;/h8-10H,3-7H2,1-2H3;1H,(H,2,3,4,5);2*1H/q+1;;;/p-1. The van der Waals surface area contributed by atoms with Crippen molar-refractivity contribution in [2.75, 3.05) is 0 Å². The molecule has 0 atom stereocenters. The Morgan fingerprint density at radius 3 is 2.47 bits per heavy atom. The molecule has 0 spiro atoms. The number of nitrogens with zero attached hydrogens (tertiary/aromatic N) is 5. The minimum atomic E-state index is 0. The van der Waals surface area contributed by atoms with E-state index in [0.29, 0.717) is 0 Å². The van der Waals surface area contributed by atoms with Gasteiger partial charge in [-0.05, 0) is 12.8 Å². The van der Waals surface area contributed by atoms with Crippen LogP contribution in [0.3, 0.4) is 0 Å². The molecule has 0 aliphatic heterocycles. The van der Waals surface area contributed by atoms with E-state index in [0.717, 1.165) is 0 Å². The molecule has 8 heteroatoms. The van der Waals surface area contributed by atoms with Gasteiger partial charge in [-0.1, -0.05) is 25.0 Å². The second-order valence-electron chi connectivity index (χ2n) is 3.94. The number of H-pyrrole nitrogens is 1. The lowest BCUT2D eigenvalue weighted by atomic mass is 10.2. The predicted octanol–water partition coefficient (Wildman–Crippen LogP) is -1.33. The molecule has 0 unspecified atom stereocenters. The van der Waals surface area contributed by atoms with E-state index >= 15 is 0 Å². The summed E-state index contributed by atoms with van der Waals surface area (Å²) < 4.78 is 4.33. The molecule has 2 aromatic heterocycles. The van der Waals surface area contributed by atoms with Gasteiger partial charge in [-0.2, -0.15) is 5.21 Å². The van der Waals surface area contributed by atoms with E-state index in [-0.39, 0.29) is 34.0 Å². The van der Waals surface area contributed by atoms with Crippen molar-refractivity contribution in [3.8, 4) is 0 Å². The van der Waals surface area contributed by atoms with Gasteiger partial charge in [-0.15, -0.1) is 27.2 Å². The fraction of sp³-hybridized carbons (Fsp3) is 0.636. The summed E-state index contributed by atoms with van der Waals surface area (Å²) in [6.45, 7) is 3.41. The van der Waals surface area contributed by atoms with Crippen LogP contribution in [0, 0.1) is 0 Å². The lowest BCUT2D eigenvalue weighted by molar-refractivity contribution is -0.671. The zero-order valence-electron chi connectivity index (χ0n) is 11.4. The summed E-state index contributed by atoms with van der Waals surface area (Å²) in [6.07, 6.45) is 13.0. The summed E-state index contributed by atoms with van der Waals surface area (Å²) in [5.74, 6) is 0. The summed E-state index contributed by atoms with van der Waals surface area (Å²) in [6, 6.07) is 0. The smallest absolute Gasteiger partial charge is 0.243 e. The topological polar surface area (TPSA) is 63.3 Å². The van der Waals surface area contributed by atoms with Crippen molar-refractivity contribution < 1.29 is 21.5 Å². The van der Waals surface area contributed by atoms with Crippen LogP contribution < -0.4 is 21.5 Å². The van der Waals surface area contributed by atoms with E-state index in [9.17, 15) is 0 Å². The maximum atomic E-state index is 3.38. The zero-order valence-corrected chi connectivity index (χ0v) is 14.7. The highest BCUT2D eigenvalue weighted by molar-refractivity contribution is 8.93. The highest BCUT2D eigenvalue weighted by Gasteiger charge is 1.97. The number of unbranched alkanes of at least 4 members (excludes halogenated alkanes) is 3. The van der Waals surface area contributed by atoms with Gasteiger partial charge >= 0.3 is 0 Å². The lowest BCUT2D eigenvalue weighted by Crippen LogP contribution is -3.00. The molecule has 0 aliphatic rings. The molecule has 0 fully saturated rings. The average Bonchev–Trinajstić information content (AvgIpc) is 2.99. The molecule has 0 amide bonds. The molecule has 0 saturated carbocycles. The third-order valence-electron chi connectivity index (χ3n) is 2.36. The van der Waals surface area contributed by atoms with E-state index in [4.69, 9.17) is 0 Å². The fourth-order valence-electron chi connectivity index (χ4n) is 1.48. The molecule has 2 heterocycles. The van der Waals surface area contributed by atoms with Gasteiger partial charge in [0.2, 0.25) is 6.33 Å². The number of tetrazole rings is 1. The monoisotopic (exact) mass is 396 g/mol. The highest BCUT2D eigenvalue weighted by Crippen LogP contribution is 2.00. The number of imidazole rings is 1. The van der Waals surface area contributed by atoms with E-state index < -0.39 is 0 Å². The number of halogens is 2. The van der Waals surface area contributed by atoms with Crippen molar-refractivity contribution >= 4 is 17.0 Å².